The highest BCUT2D eigenvalue weighted by molar-refractivity contribution is 6.00. The van der Waals surface area contributed by atoms with Crippen molar-refractivity contribution in [2.75, 3.05) is 11.9 Å². The molecule has 172 valence electrons. The molecule has 0 spiro atoms. The lowest BCUT2D eigenvalue weighted by atomic mass is 10.0. The van der Waals surface area contributed by atoms with Crippen molar-refractivity contribution in [3.63, 3.8) is 0 Å². The minimum absolute atomic E-state index is 0.0957. The third kappa shape index (κ3) is 4.19. The largest absolute Gasteiger partial charge is 0.489 e. The van der Waals surface area contributed by atoms with Crippen molar-refractivity contribution in [2.24, 2.45) is 0 Å². The Morgan fingerprint density at radius 2 is 1.65 bits per heavy atom. The van der Waals surface area contributed by atoms with Crippen LogP contribution in [0.2, 0.25) is 0 Å². The summed E-state index contributed by atoms with van der Waals surface area (Å²) in [5.74, 6) is 2.23. The number of amides is 1. The standard InChI is InChI=1S/C28H28N4O2/c1-19(2)21-6-4-20(5-7-21)18-34-24-10-8-22(9-11-24)26-27(23-12-15-29-16-13-23)30-32-17-14-25(33)31(3)28(26)32/h4-13,15-16,19H,14,17-18H2,1-3H3. The number of anilines is 1. The van der Waals surface area contributed by atoms with Crippen LogP contribution in [0.3, 0.4) is 0 Å². The van der Waals surface area contributed by atoms with E-state index in [1.807, 2.05) is 48.1 Å². The van der Waals surface area contributed by atoms with Gasteiger partial charge >= 0.3 is 0 Å². The van der Waals surface area contributed by atoms with Gasteiger partial charge in [0.1, 0.15) is 23.9 Å². The first-order chi connectivity index (χ1) is 16.5. The summed E-state index contributed by atoms with van der Waals surface area (Å²) in [5.41, 5.74) is 6.21. The van der Waals surface area contributed by atoms with Crippen LogP contribution in [-0.4, -0.2) is 27.7 Å². The van der Waals surface area contributed by atoms with Crippen molar-refractivity contribution < 1.29 is 9.53 Å². The normalized spacial score (nSPS) is 13.3. The monoisotopic (exact) mass is 452 g/mol. The van der Waals surface area contributed by atoms with E-state index >= 15 is 0 Å². The van der Waals surface area contributed by atoms with Crippen LogP contribution < -0.4 is 9.64 Å². The van der Waals surface area contributed by atoms with E-state index in [0.29, 0.717) is 25.5 Å². The number of benzene rings is 2. The fourth-order valence-electron chi connectivity index (χ4n) is 4.30. The Hall–Kier alpha value is -3.93. The number of rotatable bonds is 6. The van der Waals surface area contributed by atoms with E-state index in [0.717, 1.165) is 39.5 Å². The van der Waals surface area contributed by atoms with Crippen molar-refractivity contribution in [3.8, 4) is 28.1 Å². The predicted molar refractivity (Wildman–Crippen MR) is 134 cm³/mol. The molecule has 0 saturated carbocycles. The Bertz CT molecular complexity index is 1290. The zero-order valence-electron chi connectivity index (χ0n) is 19.7. The Balaban J connectivity index is 1.43. The van der Waals surface area contributed by atoms with Crippen LogP contribution in [0.5, 0.6) is 5.75 Å². The first-order valence-electron chi connectivity index (χ1n) is 11.6. The molecule has 3 heterocycles. The second-order valence-electron chi connectivity index (χ2n) is 8.92. The number of carbonyl (C=O) groups excluding carboxylic acids is 1. The molecule has 34 heavy (non-hydrogen) atoms. The summed E-state index contributed by atoms with van der Waals surface area (Å²) in [7, 11) is 1.82. The highest BCUT2D eigenvalue weighted by Gasteiger charge is 2.29. The number of fused-ring (bicyclic) bond motifs is 1. The lowest BCUT2D eigenvalue weighted by Crippen LogP contribution is -2.34. The molecule has 0 N–H and O–H groups in total. The maximum Gasteiger partial charge on any atom is 0.229 e. The molecule has 6 nitrogen and oxygen atoms in total. The minimum Gasteiger partial charge on any atom is -0.489 e. The molecule has 0 aliphatic carbocycles. The Morgan fingerprint density at radius 1 is 0.941 bits per heavy atom. The molecule has 1 aliphatic rings. The highest BCUT2D eigenvalue weighted by atomic mass is 16.5. The predicted octanol–water partition coefficient (Wildman–Crippen LogP) is 5.68. The van der Waals surface area contributed by atoms with E-state index in [4.69, 9.17) is 9.84 Å². The first-order valence-corrected chi connectivity index (χ1v) is 11.6. The van der Waals surface area contributed by atoms with Gasteiger partial charge in [0.15, 0.2) is 0 Å². The Kier molecular flexibility index (Phi) is 5.88. The van der Waals surface area contributed by atoms with E-state index in [1.54, 1.807) is 17.3 Å². The number of ether oxygens (including phenoxy) is 1. The average molecular weight is 453 g/mol. The second-order valence-corrected chi connectivity index (χ2v) is 8.92. The fourth-order valence-corrected chi connectivity index (χ4v) is 4.30. The van der Waals surface area contributed by atoms with Crippen molar-refractivity contribution in [1.82, 2.24) is 14.8 Å². The summed E-state index contributed by atoms with van der Waals surface area (Å²) in [6.45, 7) is 5.48. The van der Waals surface area contributed by atoms with Gasteiger partial charge in [0.2, 0.25) is 5.91 Å². The fraction of sp³-hybridized carbons (Fsp3) is 0.250. The van der Waals surface area contributed by atoms with Gasteiger partial charge in [-0.15, -0.1) is 0 Å². The number of aryl methyl sites for hydroxylation is 1. The van der Waals surface area contributed by atoms with E-state index in [2.05, 4.69) is 43.1 Å². The first kappa shape index (κ1) is 21.9. The SMILES string of the molecule is CC(C)c1ccc(COc2ccc(-c3c(-c4ccncc4)nn4c3N(C)C(=O)CC4)cc2)cc1. The van der Waals surface area contributed by atoms with Gasteiger partial charge in [-0.3, -0.25) is 14.7 Å². The number of nitrogens with zero attached hydrogens (tertiary/aromatic N) is 4. The molecule has 6 heteroatoms. The van der Waals surface area contributed by atoms with Gasteiger partial charge in [-0.25, -0.2) is 4.68 Å². The molecule has 0 bridgehead atoms. The van der Waals surface area contributed by atoms with E-state index in [1.165, 1.54) is 5.56 Å². The van der Waals surface area contributed by atoms with Gasteiger partial charge in [0, 0.05) is 31.4 Å². The van der Waals surface area contributed by atoms with Crippen LogP contribution >= 0.6 is 0 Å². The number of hydrogen-bond donors (Lipinski definition) is 0. The van der Waals surface area contributed by atoms with Crippen LogP contribution in [0.1, 0.15) is 37.3 Å². The molecule has 0 saturated heterocycles. The summed E-state index contributed by atoms with van der Waals surface area (Å²) in [4.78, 5) is 18.3. The minimum atomic E-state index is 0.0957. The molecule has 4 aromatic rings. The van der Waals surface area contributed by atoms with E-state index in [-0.39, 0.29) is 5.91 Å². The quantitative estimate of drug-likeness (QED) is 0.378. The maximum absolute atomic E-state index is 12.5. The zero-order valence-corrected chi connectivity index (χ0v) is 19.7. The van der Waals surface area contributed by atoms with Crippen LogP contribution in [0.25, 0.3) is 22.4 Å². The van der Waals surface area contributed by atoms with Gasteiger partial charge in [-0.1, -0.05) is 50.2 Å². The lowest BCUT2D eigenvalue weighted by molar-refractivity contribution is -0.119. The average Bonchev–Trinajstić information content (AvgIpc) is 3.26. The number of aromatic nitrogens is 3. The molecule has 2 aromatic heterocycles. The lowest BCUT2D eigenvalue weighted by Gasteiger charge is -2.25. The van der Waals surface area contributed by atoms with E-state index in [9.17, 15) is 4.79 Å². The number of hydrogen-bond acceptors (Lipinski definition) is 4. The van der Waals surface area contributed by atoms with Crippen LogP contribution in [0.4, 0.5) is 5.82 Å². The molecule has 1 amide bonds. The molecule has 5 rings (SSSR count). The second kappa shape index (κ2) is 9.14. The molecule has 0 unspecified atom stereocenters. The molecular formula is C28H28N4O2. The molecular weight excluding hydrogens is 424 g/mol. The number of carbonyl (C=O) groups is 1. The van der Waals surface area contributed by atoms with Gasteiger partial charge in [-0.05, 0) is 46.9 Å². The van der Waals surface area contributed by atoms with Gasteiger partial charge in [0.05, 0.1) is 12.1 Å². The molecule has 1 aliphatic heterocycles. The molecule has 0 fully saturated rings. The summed E-state index contributed by atoms with van der Waals surface area (Å²) in [5, 5.41) is 4.86. The summed E-state index contributed by atoms with van der Waals surface area (Å²) in [6.07, 6.45) is 3.97. The third-order valence-corrected chi connectivity index (χ3v) is 6.30. The van der Waals surface area contributed by atoms with Crippen molar-refractivity contribution in [2.45, 2.75) is 39.3 Å². The van der Waals surface area contributed by atoms with Gasteiger partial charge < -0.3 is 4.74 Å². The van der Waals surface area contributed by atoms with Gasteiger partial charge in [-0.2, -0.15) is 5.10 Å². The highest BCUT2D eigenvalue weighted by Crippen LogP contribution is 2.41. The van der Waals surface area contributed by atoms with Crippen LogP contribution in [0.15, 0.2) is 73.1 Å². The molecule has 0 radical (unpaired) electrons. The van der Waals surface area contributed by atoms with Crippen molar-refractivity contribution >= 4 is 11.7 Å². The topological polar surface area (TPSA) is 60.3 Å². The van der Waals surface area contributed by atoms with Crippen LogP contribution in [-0.2, 0) is 17.9 Å². The number of pyridine rings is 1. The Labute approximate surface area is 199 Å². The smallest absolute Gasteiger partial charge is 0.229 e. The van der Waals surface area contributed by atoms with Gasteiger partial charge in [0.25, 0.3) is 0 Å². The summed E-state index contributed by atoms with van der Waals surface area (Å²) < 4.78 is 7.97. The maximum atomic E-state index is 12.5. The zero-order chi connectivity index (χ0) is 23.7. The third-order valence-electron chi connectivity index (χ3n) is 6.30. The van der Waals surface area contributed by atoms with E-state index < -0.39 is 0 Å². The van der Waals surface area contributed by atoms with Crippen molar-refractivity contribution in [1.29, 1.82) is 0 Å². The van der Waals surface area contributed by atoms with Crippen molar-refractivity contribution in [3.05, 3.63) is 84.2 Å². The summed E-state index contributed by atoms with van der Waals surface area (Å²) >= 11 is 0. The summed E-state index contributed by atoms with van der Waals surface area (Å²) in [6, 6.07) is 20.5. The molecule has 2 aromatic carbocycles. The Morgan fingerprint density at radius 3 is 2.32 bits per heavy atom. The molecule has 0 atom stereocenters. The van der Waals surface area contributed by atoms with Crippen LogP contribution in [0, 0.1) is 0 Å².